The van der Waals surface area contributed by atoms with Crippen molar-refractivity contribution in [3.8, 4) is 0 Å². The van der Waals surface area contributed by atoms with E-state index in [4.69, 9.17) is 5.73 Å². The lowest BCUT2D eigenvalue weighted by Crippen LogP contribution is -2.07. The molecule has 3 nitrogen and oxygen atoms in total. The van der Waals surface area contributed by atoms with Crippen molar-refractivity contribution in [2.75, 3.05) is 12.8 Å². The number of anilines is 1. The summed E-state index contributed by atoms with van der Waals surface area (Å²) >= 11 is 2.99. The highest BCUT2D eigenvalue weighted by molar-refractivity contribution is 9.10. The van der Waals surface area contributed by atoms with Crippen LogP contribution in [-0.2, 0) is 16.0 Å². The Morgan fingerprint density at radius 3 is 2.86 bits per heavy atom. The molecule has 0 saturated carbocycles. The Balaban J connectivity index is 2.98. The third-order valence-corrected chi connectivity index (χ3v) is 2.35. The number of esters is 1. The molecule has 0 aliphatic carbocycles. The highest BCUT2D eigenvalue weighted by atomic mass is 79.9. The maximum atomic E-state index is 13.1. The molecule has 0 saturated heterocycles. The highest BCUT2D eigenvalue weighted by Gasteiger charge is 2.09. The molecule has 1 aromatic rings. The van der Waals surface area contributed by atoms with Gasteiger partial charge >= 0.3 is 5.97 Å². The van der Waals surface area contributed by atoms with Crippen LogP contribution in [-0.4, -0.2) is 13.1 Å². The van der Waals surface area contributed by atoms with Gasteiger partial charge in [0.1, 0.15) is 5.82 Å². The number of hydrogen-bond donors (Lipinski definition) is 1. The standard InChI is InChI=1S/C9H9BrFNO2/c1-14-9(13)3-5-2-7(11)6(10)4-8(5)12/h2,4H,3,12H2,1H3. The molecule has 0 aliphatic heterocycles. The molecule has 0 heterocycles. The Kier molecular flexibility index (Phi) is 3.46. The monoisotopic (exact) mass is 261 g/mol. The maximum Gasteiger partial charge on any atom is 0.310 e. The summed E-state index contributed by atoms with van der Waals surface area (Å²) in [5, 5.41) is 0. The van der Waals surface area contributed by atoms with E-state index >= 15 is 0 Å². The fourth-order valence-corrected chi connectivity index (χ4v) is 1.35. The van der Waals surface area contributed by atoms with Gasteiger partial charge in [-0.15, -0.1) is 0 Å². The molecule has 0 radical (unpaired) electrons. The zero-order valence-electron chi connectivity index (χ0n) is 7.51. The Bertz CT molecular complexity index is 368. The molecular weight excluding hydrogens is 253 g/mol. The summed E-state index contributed by atoms with van der Waals surface area (Å²) in [7, 11) is 1.27. The summed E-state index contributed by atoms with van der Waals surface area (Å²) < 4.78 is 17.8. The molecule has 0 amide bonds. The Labute approximate surface area is 89.2 Å². The van der Waals surface area contributed by atoms with E-state index in [2.05, 4.69) is 20.7 Å². The number of nitrogens with two attached hydrogens (primary N) is 1. The highest BCUT2D eigenvalue weighted by Crippen LogP contribution is 2.23. The number of carbonyl (C=O) groups excluding carboxylic acids is 1. The topological polar surface area (TPSA) is 52.3 Å². The van der Waals surface area contributed by atoms with Crippen molar-refractivity contribution >= 4 is 27.6 Å². The van der Waals surface area contributed by atoms with E-state index in [0.717, 1.165) is 0 Å². The van der Waals surface area contributed by atoms with Crippen molar-refractivity contribution in [2.45, 2.75) is 6.42 Å². The van der Waals surface area contributed by atoms with Crippen LogP contribution in [0.4, 0.5) is 10.1 Å². The van der Waals surface area contributed by atoms with Gasteiger partial charge in [-0.05, 0) is 33.6 Å². The van der Waals surface area contributed by atoms with Gasteiger partial charge in [0, 0.05) is 5.69 Å². The van der Waals surface area contributed by atoms with Crippen LogP contribution in [0.2, 0.25) is 0 Å². The van der Waals surface area contributed by atoms with E-state index in [9.17, 15) is 9.18 Å². The number of halogens is 2. The van der Waals surface area contributed by atoms with Crippen molar-refractivity contribution in [3.63, 3.8) is 0 Å². The number of nitrogen functional groups attached to an aromatic ring is 1. The van der Waals surface area contributed by atoms with Gasteiger partial charge in [-0.1, -0.05) is 0 Å². The first-order valence-electron chi connectivity index (χ1n) is 3.84. The van der Waals surface area contributed by atoms with Crippen LogP contribution in [0.15, 0.2) is 16.6 Å². The maximum absolute atomic E-state index is 13.1. The predicted molar refractivity (Wildman–Crippen MR) is 54.2 cm³/mol. The summed E-state index contributed by atoms with van der Waals surface area (Å²) in [4.78, 5) is 10.9. The number of hydrogen-bond acceptors (Lipinski definition) is 3. The van der Waals surface area contributed by atoms with Gasteiger partial charge in [0.2, 0.25) is 0 Å². The van der Waals surface area contributed by atoms with Crippen molar-refractivity contribution in [3.05, 3.63) is 28.0 Å². The van der Waals surface area contributed by atoms with E-state index in [1.54, 1.807) is 0 Å². The van der Waals surface area contributed by atoms with Crippen LogP contribution < -0.4 is 5.73 Å². The Hall–Kier alpha value is -1.10. The zero-order chi connectivity index (χ0) is 10.7. The summed E-state index contributed by atoms with van der Waals surface area (Å²) in [6.45, 7) is 0. The molecule has 0 fully saturated rings. The second kappa shape index (κ2) is 4.41. The summed E-state index contributed by atoms with van der Waals surface area (Å²) in [5.41, 5.74) is 6.38. The van der Waals surface area contributed by atoms with Crippen LogP contribution in [0, 0.1) is 5.82 Å². The van der Waals surface area contributed by atoms with Gasteiger partial charge in [0.15, 0.2) is 0 Å². The Morgan fingerprint density at radius 2 is 2.29 bits per heavy atom. The van der Waals surface area contributed by atoms with Crippen molar-refractivity contribution in [1.29, 1.82) is 0 Å². The lowest BCUT2D eigenvalue weighted by molar-refractivity contribution is -0.139. The first-order chi connectivity index (χ1) is 6.54. The fourth-order valence-electron chi connectivity index (χ4n) is 0.984. The summed E-state index contributed by atoms with van der Waals surface area (Å²) in [6.07, 6.45) is -0.0213. The lowest BCUT2D eigenvalue weighted by atomic mass is 10.1. The minimum Gasteiger partial charge on any atom is -0.469 e. The third kappa shape index (κ3) is 2.45. The van der Waals surface area contributed by atoms with E-state index in [1.807, 2.05) is 0 Å². The Morgan fingerprint density at radius 1 is 1.64 bits per heavy atom. The second-order valence-corrected chi connectivity index (χ2v) is 3.57. The molecule has 14 heavy (non-hydrogen) atoms. The first kappa shape index (κ1) is 11.0. The number of carbonyl (C=O) groups is 1. The van der Waals surface area contributed by atoms with Gasteiger partial charge in [-0.2, -0.15) is 0 Å². The molecule has 0 atom stereocenters. The van der Waals surface area contributed by atoms with E-state index in [0.29, 0.717) is 11.3 Å². The van der Waals surface area contributed by atoms with Crippen LogP contribution >= 0.6 is 15.9 Å². The van der Waals surface area contributed by atoms with Gasteiger partial charge in [-0.25, -0.2) is 4.39 Å². The quantitative estimate of drug-likeness (QED) is 0.654. The van der Waals surface area contributed by atoms with Gasteiger partial charge in [0.25, 0.3) is 0 Å². The average molecular weight is 262 g/mol. The van der Waals surface area contributed by atoms with Crippen LogP contribution in [0.1, 0.15) is 5.56 Å². The molecular formula is C9H9BrFNO2. The molecule has 0 bridgehead atoms. The van der Waals surface area contributed by atoms with E-state index in [-0.39, 0.29) is 10.9 Å². The summed E-state index contributed by atoms with van der Waals surface area (Å²) in [6, 6.07) is 2.64. The molecule has 2 N–H and O–H groups in total. The molecule has 0 aliphatic rings. The van der Waals surface area contributed by atoms with Crippen LogP contribution in [0.3, 0.4) is 0 Å². The SMILES string of the molecule is COC(=O)Cc1cc(F)c(Br)cc1N. The molecule has 76 valence electrons. The van der Waals surface area contributed by atoms with Gasteiger partial charge in [0.05, 0.1) is 18.0 Å². The van der Waals surface area contributed by atoms with Crippen LogP contribution in [0.25, 0.3) is 0 Å². The zero-order valence-corrected chi connectivity index (χ0v) is 9.10. The molecule has 0 spiro atoms. The number of benzene rings is 1. The lowest BCUT2D eigenvalue weighted by Gasteiger charge is -2.05. The fraction of sp³-hybridized carbons (Fsp3) is 0.222. The average Bonchev–Trinajstić information content (AvgIpc) is 2.14. The summed E-state index contributed by atoms with van der Waals surface area (Å²) in [5.74, 6) is -0.892. The largest absolute Gasteiger partial charge is 0.469 e. The van der Waals surface area contributed by atoms with Crippen LogP contribution in [0.5, 0.6) is 0 Å². The van der Waals surface area contributed by atoms with Gasteiger partial charge < -0.3 is 10.5 Å². The third-order valence-electron chi connectivity index (χ3n) is 1.74. The molecule has 0 aromatic heterocycles. The predicted octanol–water partition coefficient (Wildman–Crippen LogP) is 1.89. The van der Waals surface area contributed by atoms with E-state index in [1.165, 1.54) is 19.2 Å². The number of rotatable bonds is 2. The van der Waals surface area contributed by atoms with Crippen molar-refractivity contribution in [2.24, 2.45) is 0 Å². The minimum atomic E-state index is -0.446. The number of ether oxygens (including phenoxy) is 1. The number of methoxy groups -OCH3 is 1. The smallest absolute Gasteiger partial charge is 0.310 e. The molecule has 5 heteroatoms. The van der Waals surface area contributed by atoms with Crippen molar-refractivity contribution < 1.29 is 13.9 Å². The first-order valence-corrected chi connectivity index (χ1v) is 4.64. The molecule has 1 rings (SSSR count). The molecule has 0 unspecified atom stereocenters. The van der Waals surface area contributed by atoms with Gasteiger partial charge in [-0.3, -0.25) is 4.79 Å². The van der Waals surface area contributed by atoms with E-state index < -0.39 is 11.8 Å². The molecule has 1 aromatic carbocycles. The normalized spacial score (nSPS) is 9.93. The van der Waals surface area contributed by atoms with Crippen molar-refractivity contribution in [1.82, 2.24) is 0 Å². The minimum absolute atomic E-state index is 0.0213. The second-order valence-electron chi connectivity index (χ2n) is 2.72.